The summed E-state index contributed by atoms with van der Waals surface area (Å²) >= 11 is 3.35. The number of aromatic nitrogens is 2. The number of anilines is 1. The molecule has 2 aliphatic rings. The molecule has 0 aromatic carbocycles. The van der Waals surface area contributed by atoms with Gasteiger partial charge < -0.3 is 19.1 Å². The average molecular weight is 330 g/mol. The van der Waals surface area contributed by atoms with E-state index >= 15 is 0 Å². The highest BCUT2D eigenvalue weighted by atomic mass is 79.9. The molecule has 0 unspecified atom stereocenters. The molecule has 7 heteroatoms. The summed E-state index contributed by atoms with van der Waals surface area (Å²) in [5.74, 6) is 0.877. The van der Waals surface area contributed by atoms with Gasteiger partial charge in [-0.25, -0.2) is 4.98 Å². The fourth-order valence-electron chi connectivity index (χ4n) is 2.47. The Bertz CT molecular complexity index is 456. The highest BCUT2D eigenvalue weighted by Gasteiger charge is 2.40. The first-order chi connectivity index (χ1) is 9.22. The lowest BCUT2D eigenvalue weighted by atomic mass is 10.0. The van der Waals surface area contributed by atoms with Crippen molar-refractivity contribution >= 4 is 21.9 Å². The van der Waals surface area contributed by atoms with Gasteiger partial charge in [0, 0.05) is 25.9 Å². The zero-order valence-electron chi connectivity index (χ0n) is 10.8. The molecular formula is C12H16BrN3O3. The maximum absolute atomic E-state index is 5.71. The van der Waals surface area contributed by atoms with E-state index in [1.807, 2.05) is 0 Å². The summed E-state index contributed by atoms with van der Waals surface area (Å²) < 4.78 is 17.4. The number of methoxy groups -OCH3 is 1. The zero-order valence-corrected chi connectivity index (χ0v) is 12.4. The molecule has 3 heterocycles. The van der Waals surface area contributed by atoms with Crippen LogP contribution in [-0.4, -0.2) is 49.2 Å². The maximum Gasteiger partial charge on any atom is 0.232 e. The molecule has 1 aromatic heterocycles. The van der Waals surface area contributed by atoms with Gasteiger partial charge in [0.2, 0.25) is 11.8 Å². The zero-order chi connectivity index (χ0) is 13.3. The molecule has 2 saturated heterocycles. The quantitative estimate of drug-likeness (QED) is 0.821. The molecular weight excluding hydrogens is 314 g/mol. The van der Waals surface area contributed by atoms with E-state index < -0.39 is 0 Å². The van der Waals surface area contributed by atoms with Crippen molar-refractivity contribution in [3.8, 4) is 5.88 Å². The molecule has 1 spiro atoms. The average Bonchev–Trinajstić information content (AvgIpc) is 2.89. The lowest BCUT2D eigenvalue weighted by Crippen LogP contribution is -2.45. The van der Waals surface area contributed by atoms with E-state index in [-0.39, 0.29) is 5.79 Å². The van der Waals surface area contributed by atoms with Crippen LogP contribution in [0.2, 0.25) is 0 Å². The van der Waals surface area contributed by atoms with Crippen molar-refractivity contribution in [3.05, 3.63) is 10.7 Å². The summed E-state index contributed by atoms with van der Waals surface area (Å²) in [5, 5.41) is 0. The van der Waals surface area contributed by atoms with Crippen molar-refractivity contribution in [2.45, 2.75) is 18.6 Å². The molecule has 0 bridgehead atoms. The van der Waals surface area contributed by atoms with Gasteiger partial charge in [-0.1, -0.05) is 0 Å². The van der Waals surface area contributed by atoms with Gasteiger partial charge >= 0.3 is 0 Å². The molecule has 0 atom stereocenters. The number of hydrogen-bond donors (Lipinski definition) is 0. The van der Waals surface area contributed by atoms with Crippen molar-refractivity contribution in [1.82, 2.24) is 9.97 Å². The van der Waals surface area contributed by atoms with Crippen LogP contribution in [0.4, 0.5) is 5.95 Å². The van der Waals surface area contributed by atoms with Crippen molar-refractivity contribution in [1.29, 1.82) is 0 Å². The minimum absolute atomic E-state index is 0.365. The Kier molecular flexibility index (Phi) is 3.60. The SMILES string of the molecule is COc1nc(N2CCC3(CC2)OCCO3)ncc1Br. The molecule has 3 rings (SSSR count). The van der Waals surface area contributed by atoms with Crippen LogP contribution in [0.1, 0.15) is 12.8 Å². The molecule has 2 fully saturated rings. The lowest BCUT2D eigenvalue weighted by molar-refractivity contribution is -0.169. The van der Waals surface area contributed by atoms with E-state index in [2.05, 4.69) is 30.8 Å². The van der Waals surface area contributed by atoms with Gasteiger partial charge in [-0.15, -0.1) is 0 Å². The predicted molar refractivity (Wildman–Crippen MR) is 72.4 cm³/mol. The Morgan fingerprint density at radius 3 is 2.63 bits per heavy atom. The first kappa shape index (κ1) is 13.1. The normalized spacial score (nSPS) is 21.9. The van der Waals surface area contributed by atoms with Gasteiger partial charge in [-0.05, 0) is 15.9 Å². The van der Waals surface area contributed by atoms with Crippen molar-refractivity contribution in [2.75, 3.05) is 38.3 Å². The minimum atomic E-state index is -0.365. The summed E-state index contributed by atoms with van der Waals surface area (Å²) in [5.41, 5.74) is 0. The van der Waals surface area contributed by atoms with Crippen LogP contribution in [0.3, 0.4) is 0 Å². The first-order valence-electron chi connectivity index (χ1n) is 6.32. The molecule has 6 nitrogen and oxygen atoms in total. The smallest absolute Gasteiger partial charge is 0.232 e. The third-order valence-electron chi connectivity index (χ3n) is 3.51. The molecule has 0 N–H and O–H groups in total. The van der Waals surface area contributed by atoms with Gasteiger partial charge in [0.25, 0.3) is 0 Å². The number of hydrogen-bond acceptors (Lipinski definition) is 6. The first-order valence-corrected chi connectivity index (χ1v) is 7.11. The molecule has 0 saturated carbocycles. The molecule has 104 valence electrons. The molecule has 0 radical (unpaired) electrons. The third kappa shape index (κ3) is 2.54. The van der Waals surface area contributed by atoms with Gasteiger partial charge in [-0.2, -0.15) is 4.98 Å². The fourth-order valence-corrected chi connectivity index (χ4v) is 2.82. The summed E-state index contributed by atoms with van der Waals surface area (Å²) in [4.78, 5) is 10.9. The summed E-state index contributed by atoms with van der Waals surface area (Å²) in [7, 11) is 1.60. The predicted octanol–water partition coefficient (Wildman–Crippen LogP) is 1.59. The highest BCUT2D eigenvalue weighted by molar-refractivity contribution is 9.10. The Hall–Kier alpha value is -0.920. The maximum atomic E-state index is 5.71. The topological polar surface area (TPSA) is 56.7 Å². The minimum Gasteiger partial charge on any atom is -0.480 e. The number of rotatable bonds is 2. The van der Waals surface area contributed by atoms with Crippen LogP contribution in [0.5, 0.6) is 5.88 Å². The van der Waals surface area contributed by atoms with Gasteiger partial charge in [0.05, 0.1) is 31.0 Å². The van der Waals surface area contributed by atoms with Crippen LogP contribution in [0.15, 0.2) is 10.7 Å². The van der Waals surface area contributed by atoms with Crippen LogP contribution >= 0.6 is 15.9 Å². The Balaban J connectivity index is 1.71. The second-order valence-electron chi connectivity index (χ2n) is 4.62. The highest BCUT2D eigenvalue weighted by Crippen LogP contribution is 2.33. The monoisotopic (exact) mass is 329 g/mol. The van der Waals surface area contributed by atoms with E-state index in [4.69, 9.17) is 14.2 Å². The number of halogens is 1. The largest absolute Gasteiger partial charge is 0.480 e. The van der Waals surface area contributed by atoms with Crippen molar-refractivity contribution < 1.29 is 14.2 Å². The van der Waals surface area contributed by atoms with E-state index in [1.165, 1.54) is 0 Å². The van der Waals surface area contributed by atoms with Crippen LogP contribution in [0.25, 0.3) is 0 Å². The summed E-state index contributed by atoms with van der Waals surface area (Å²) in [6, 6.07) is 0. The number of ether oxygens (including phenoxy) is 3. The van der Waals surface area contributed by atoms with E-state index in [0.717, 1.165) is 30.4 Å². The van der Waals surface area contributed by atoms with Crippen molar-refractivity contribution in [2.24, 2.45) is 0 Å². The second kappa shape index (κ2) is 5.22. The molecule has 0 aliphatic carbocycles. The third-order valence-corrected chi connectivity index (χ3v) is 4.06. The summed E-state index contributed by atoms with van der Waals surface area (Å²) in [6.45, 7) is 3.04. The van der Waals surface area contributed by atoms with E-state index in [0.29, 0.717) is 25.0 Å². The van der Waals surface area contributed by atoms with E-state index in [9.17, 15) is 0 Å². The van der Waals surface area contributed by atoms with Gasteiger partial charge in [0.15, 0.2) is 5.79 Å². The van der Waals surface area contributed by atoms with Crippen LogP contribution in [-0.2, 0) is 9.47 Å². The molecule has 2 aliphatic heterocycles. The second-order valence-corrected chi connectivity index (χ2v) is 5.48. The molecule has 1 aromatic rings. The molecule has 0 amide bonds. The van der Waals surface area contributed by atoms with Crippen molar-refractivity contribution in [3.63, 3.8) is 0 Å². The summed E-state index contributed by atoms with van der Waals surface area (Å²) in [6.07, 6.45) is 3.40. The lowest BCUT2D eigenvalue weighted by Gasteiger charge is -2.37. The molecule has 19 heavy (non-hydrogen) atoms. The Labute approximate surface area is 120 Å². The van der Waals surface area contributed by atoms with Gasteiger partial charge in [-0.3, -0.25) is 0 Å². The van der Waals surface area contributed by atoms with Gasteiger partial charge in [0.1, 0.15) is 0 Å². The fraction of sp³-hybridized carbons (Fsp3) is 0.667. The van der Waals surface area contributed by atoms with Crippen LogP contribution in [0, 0.1) is 0 Å². The standard InChI is InChI=1S/C12H16BrN3O3/c1-17-10-9(13)8-14-11(15-10)16-4-2-12(3-5-16)18-6-7-19-12/h8H,2-7H2,1H3. The Morgan fingerprint density at radius 1 is 1.32 bits per heavy atom. The van der Waals surface area contributed by atoms with E-state index in [1.54, 1.807) is 13.3 Å². The number of nitrogens with zero attached hydrogens (tertiary/aromatic N) is 3. The Morgan fingerprint density at radius 2 is 2.00 bits per heavy atom. The van der Waals surface area contributed by atoms with Crippen LogP contribution < -0.4 is 9.64 Å². The number of piperidine rings is 1.